The molecule has 0 saturated carbocycles. The first-order chi connectivity index (χ1) is 11.0. The normalized spacial score (nSPS) is 10.5. The summed E-state index contributed by atoms with van der Waals surface area (Å²) in [7, 11) is 0. The summed E-state index contributed by atoms with van der Waals surface area (Å²) in [5.74, 6) is -1.45. The topological polar surface area (TPSA) is 86.9 Å². The van der Waals surface area contributed by atoms with E-state index in [1.54, 1.807) is 36.7 Å². The number of aromatic nitrogens is 2. The number of halogens is 1. The zero-order chi connectivity index (χ0) is 16.4. The van der Waals surface area contributed by atoms with E-state index in [0.717, 1.165) is 21.1 Å². The second-order valence-electron chi connectivity index (χ2n) is 5.00. The summed E-state index contributed by atoms with van der Waals surface area (Å²) in [6, 6.07) is 10.6. The Labute approximate surface area is 140 Å². The van der Waals surface area contributed by atoms with Crippen LogP contribution in [0.4, 0.5) is 11.4 Å². The molecule has 0 aliphatic carbocycles. The molecule has 3 N–H and O–H groups in total. The van der Waals surface area contributed by atoms with E-state index < -0.39 is 11.8 Å². The van der Waals surface area contributed by atoms with Crippen LogP contribution < -0.4 is 10.6 Å². The molecule has 3 aromatic rings. The standard InChI is InChI=1S/C16H13BrN4O2/c1-9-6-10(17)2-4-12(9)21-16(23)15(22)20-11-3-5-13-14(7-11)19-8-18-13/h2-8H,1H3,(H,18,19)(H,20,22)(H,21,23). The van der Waals surface area contributed by atoms with Crippen LogP contribution >= 0.6 is 15.9 Å². The number of nitrogens with zero attached hydrogens (tertiary/aromatic N) is 1. The predicted molar refractivity (Wildman–Crippen MR) is 92.2 cm³/mol. The van der Waals surface area contributed by atoms with Crippen LogP contribution in [0, 0.1) is 6.92 Å². The molecule has 2 aromatic carbocycles. The number of carbonyl (C=O) groups is 2. The molecule has 0 fully saturated rings. The van der Waals surface area contributed by atoms with Crippen LogP contribution in [0.3, 0.4) is 0 Å². The fourth-order valence-corrected chi connectivity index (χ4v) is 2.62. The fraction of sp³-hybridized carbons (Fsp3) is 0.0625. The van der Waals surface area contributed by atoms with Gasteiger partial charge in [0.15, 0.2) is 0 Å². The van der Waals surface area contributed by atoms with Crippen LogP contribution in [0.5, 0.6) is 0 Å². The minimum atomic E-state index is -0.730. The van der Waals surface area contributed by atoms with Crippen molar-refractivity contribution in [1.29, 1.82) is 0 Å². The molecule has 0 bridgehead atoms. The van der Waals surface area contributed by atoms with E-state index >= 15 is 0 Å². The van der Waals surface area contributed by atoms with E-state index in [1.165, 1.54) is 0 Å². The SMILES string of the molecule is Cc1cc(Br)ccc1NC(=O)C(=O)Nc1ccc2nc[nH]c2c1. The van der Waals surface area contributed by atoms with Crippen molar-refractivity contribution in [3.05, 3.63) is 52.8 Å². The summed E-state index contributed by atoms with van der Waals surface area (Å²) in [6.45, 7) is 1.85. The average molecular weight is 373 g/mol. The van der Waals surface area contributed by atoms with E-state index in [4.69, 9.17) is 0 Å². The number of imidazole rings is 1. The van der Waals surface area contributed by atoms with E-state index in [2.05, 4.69) is 36.5 Å². The molecule has 1 aromatic heterocycles. The van der Waals surface area contributed by atoms with Gasteiger partial charge in [-0.2, -0.15) is 0 Å². The van der Waals surface area contributed by atoms with Gasteiger partial charge in [-0.25, -0.2) is 4.98 Å². The van der Waals surface area contributed by atoms with Crippen molar-refractivity contribution in [2.75, 3.05) is 10.6 Å². The van der Waals surface area contributed by atoms with Crippen molar-refractivity contribution >= 4 is 50.2 Å². The van der Waals surface area contributed by atoms with Crippen molar-refractivity contribution in [3.8, 4) is 0 Å². The second kappa shape index (κ2) is 6.21. The molecular formula is C16H13BrN4O2. The quantitative estimate of drug-likeness (QED) is 0.603. The van der Waals surface area contributed by atoms with Gasteiger partial charge < -0.3 is 15.6 Å². The van der Waals surface area contributed by atoms with Crippen LogP contribution in [0.2, 0.25) is 0 Å². The zero-order valence-electron chi connectivity index (χ0n) is 12.2. The minimum Gasteiger partial charge on any atom is -0.345 e. The number of nitrogens with one attached hydrogen (secondary N) is 3. The molecule has 0 unspecified atom stereocenters. The van der Waals surface area contributed by atoms with Crippen molar-refractivity contribution in [1.82, 2.24) is 9.97 Å². The number of carbonyl (C=O) groups excluding carboxylic acids is 2. The Balaban J connectivity index is 1.70. The monoisotopic (exact) mass is 372 g/mol. The number of hydrogen-bond acceptors (Lipinski definition) is 3. The molecule has 0 radical (unpaired) electrons. The van der Waals surface area contributed by atoms with Gasteiger partial charge in [-0.05, 0) is 48.9 Å². The molecular weight excluding hydrogens is 360 g/mol. The lowest BCUT2D eigenvalue weighted by molar-refractivity contribution is -0.133. The van der Waals surface area contributed by atoms with E-state index in [-0.39, 0.29) is 0 Å². The fourth-order valence-electron chi connectivity index (χ4n) is 2.15. The molecule has 3 rings (SSSR count). The summed E-state index contributed by atoms with van der Waals surface area (Å²) in [4.78, 5) is 31.1. The van der Waals surface area contributed by atoms with Gasteiger partial charge in [0.25, 0.3) is 0 Å². The van der Waals surface area contributed by atoms with Crippen molar-refractivity contribution in [3.63, 3.8) is 0 Å². The van der Waals surface area contributed by atoms with Gasteiger partial charge in [-0.15, -0.1) is 0 Å². The lowest BCUT2D eigenvalue weighted by Gasteiger charge is -2.09. The van der Waals surface area contributed by atoms with E-state index in [0.29, 0.717) is 11.4 Å². The largest absolute Gasteiger partial charge is 0.345 e. The highest BCUT2D eigenvalue weighted by molar-refractivity contribution is 9.10. The Morgan fingerprint density at radius 1 is 1.09 bits per heavy atom. The number of H-pyrrole nitrogens is 1. The van der Waals surface area contributed by atoms with Gasteiger partial charge >= 0.3 is 11.8 Å². The lowest BCUT2D eigenvalue weighted by atomic mass is 10.2. The zero-order valence-corrected chi connectivity index (χ0v) is 13.8. The highest BCUT2D eigenvalue weighted by atomic mass is 79.9. The average Bonchev–Trinajstić information content (AvgIpc) is 2.97. The third-order valence-corrected chi connectivity index (χ3v) is 3.81. The maximum atomic E-state index is 12.0. The Morgan fingerprint density at radius 3 is 2.65 bits per heavy atom. The van der Waals surface area contributed by atoms with Crippen molar-refractivity contribution in [2.24, 2.45) is 0 Å². The first kappa shape index (κ1) is 15.2. The third-order valence-electron chi connectivity index (χ3n) is 3.32. The maximum absolute atomic E-state index is 12.0. The van der Waals surface area contributed by atoms with Gasteiger partial charge in [0, 0.05) is 15.8 Å². The van der Waals surface area contributed by atoms with Gasteiger partial charge in [0.1, 0.15) is 0 Å². The number of fused-ring (bicyclic) bond motifs is 1. The number of rotatable bonds is 2. The Bertz CT molecular complexity index is 904. The van der Waals surface area contributed by atoms with Gasteiger partial charge in [-0.3, -0.25) is 9.59 Å². The predicted octanol–water partition coefficient (Wildman–Crippen LogP) is 3.21. The number of benzene rings is 2. The van der Waals surface area contributed by atoms with Crippen LogP contribution in [0.15, 0.2) is 47.2 Å². The van der Waals surface area contributed by atoms with Crippen LogP contribution in [0.25, 0.3) is 11.0 Å². The van der Waals surface area contributed by atoms with Crippen molar-refractivity contribution in [2.45, 2.75) is 6.92 Å². The highest BCUT2D eigenvalue weighted by Crippen LogP contribution is 2.20. The summed E-state index contributed by atoms with van der Waals surface area (Å²) < 4.78 is 0.908. The van der Waals surface area contributed by atoms with Crippen LogP contribution in [0.1, 0.15) is 5.56 Å². The first-order valence-electron chi connectivity index (χ1n) is 6.84. The molecule has 0 spiro atoms. The Morgan fingerprint density at radius 2 is 1.87 bits per heavy atom. The highest BCUT2D eigenvalue weighted by Gasteiger charge is 2.15. The molecule has 0 aliphatic heterocycles. The summed E-state index contributed by atoms with van der Waals surface area (Å²) >= 11 is 3.35. The Kier molecular flexibility index (Phi) is 4.12. The molecule has 116 valence electrons. The number of aromatic amines is 1. The van der Waals surface area contributed by atoms with E-state index in [1.807, 2.05) is 13.0 Å². The lowest BCUT2D eigenvalue weighted by Crippen LogP contribution is -2.29. The minimum absolute atomic E-state index is 0.523. The summed E-state index contributed by atoms with van der Waals surface area (Å²) in [5, 5.41) is 5.16. The summed E-state index contributed by atoms with van der Waals surface area (Å²) in [6.07, 6.45) is 1.57. The molecule has 0 saturated heterocycles. The molecule has 2 amide bonds. The van der Waals surface area contributed by atoms with Crippen LogP contribution in [-0.2, 0) is 9.59 Å². The maximum Gasteiger partial charge on any atom is 0.314 e. The summed E-state index contributed by atoms with van der Waals surface area (Å²) in [5.41, 5.74) is 3.55. The van der Waals surface area contributed by atoms with E-state index in [9.17, 15) is 9.59 Å². The molecule has 23 heavy (non-hydrogen) atoms. The van der Waals surface area contributed by atoms with Gasteiger partial charge in [0.2, 0.25) is 0 Å². The number of anilines is 2. The molecule has 1 heterocycles. The molecule has 0 atom stereocenters. The second-order valence-corrected chi connectivity index (χ2v) is 5.92. The smallest absolute Gasteiger partial charge is 0.314 e. The van der Waals surface area contributed by atoms with Gasteiger partial charge in [-0.1, -0.05) is 15.9 Å². The molecule has 6 nitrogen and oxygen atoms in total. The molecule has 0 aliphatic rings. The van der Waals surface area contributed by atoms with Gasteiger partial charge in [0.05, 0.1) is 17.4 Å². The number of hydrogen-bond donors (Lipinski definition) is 3. The molecule has 7 heteroatoms. The number of aryl methyl sites for hydroxylation is 1. The van der Waals surface area contributed by atoms with Crippen molar-refractivity contribution < 1.29 is 9.59 Å². The third kappa shape index (κ3) is 3.40. The Hall–Kier alpha value is -2.67. The number of amides is 2. The first-order valence-corrected chi connectivity index (χ1v) is 7.64. The van der Waals surface area contributed by atoms with Crippen LogP contribution in [-0.4, -0.2) is 21.8 Å².